The van der Waals surface area contributed by atoms with Crippen LogP contribution in [-0.2, 0) is 22.7 Å². The highest BCUT2D eigenvalue weighted by atomic mass is 32.2. The van der Waals surface area contributed by atoms with E-state index in [1.807, 2.05) is 0 Å². The van der Waals surface area contributed by atoms with Gasteiger partial charge in [0, 0.05) is 12.8 Å². The summed E-state index contributed by atoms with van der Waals surface area (Å²) in [6.45, 7) is 0. The van der Waals surface area contributed by atoms with Gasteiger partial charge < -0.3 is 5.11 Å². The maximum absolute atomic E-state index is 11.6. The maximum Gasteiger partial charge on any atom is 0.151 e. The Bertz CT molecular complexity index is 567. The van der Waals surface area contributed by atoms with Crippen LogP contribution in [0.4, 0.5) is 0 Å². The third-order valence-electron chi connectivity index (χ3n) is 3.92. The molecule has 2 aliphatic rings. The molecule has 6 nitrogen and oxygen atoms in total. The van der Waals surface area contributed by atoms with Gasteiger partial charge in [0.2, 0.25) is 0 Å². The summed E-state index contributed by atoms with van der Waals surface area (Å²) in [6, 6.07) is 0. The minimum absolute atomic E-state index is 0.125. The third-order valence-corrected chi connectivity index (χ3v) is 5.81. The topological polar surface area (TPSA) is 85.1 Å². The minimum Gasteiger partial charge on any atom is -0.372 e. The number of hydrogen-bond donors (Lipinski definition) is 1. The first-order valence-electron chi connectivity index (χ1n) is 6.86. The quantitative estimate of drug-likeness (QED) is 0.854. The van der Waals surface area contributed by atoms with Crippen molar-refractivity contribution in [1.29, 1.82) is 0 Å². The van der Waals surface area contributed by atoms with Crippen LogP contribution in [0.3, 0.4) is 0 Å². The van der Waals surface area contributed by atoms with Crippen LogP contribution in [0.15, 0.2) is 0 Å². The molecule has 19 heavy (non-hydrogen) atoms. The summed E-state index contributed by atoms with van der Waals surface area (Å²) in [5.41, 5.74) is 0. The lowest BCUT2D eigenvalue weighted by Gasteiger charge is -2.20. The fourth-order valence-electron chi connectivity index (χ4n) is 3.00. The van der Waals surface area contributed by atoms with Crippen molar-refractivity contribution in [3.63, 3.8) is 0 Å². The molecule has 2 aliphatic heterocycles. The highest BCUT2D eigenvalue weighted by Crippen LogP contribution is 2.24. The zero-order valence-corrected chi connectivity index (χ0v) is 11.6. The molecule has 0 aromatic carbocycles. The molecule has 2 atom stereocenters. The van der Waals surface area contributed by atoms with Gasteiger partial charge in [-0.25, -0.2) is 18.1 Å². The largest absolute Gasteiger partial charge is 0.372 e. The molecule has 3 rings (SSSR count). The molecule has 1 aromatic heterocycles. The van der Waals surface area contributed by atoms with Gasteiger partial charge in [0.1, 0.15) is 12.1 Å². The third kappa shape index (κ3) is 2.81. The highest BCUT2D eigenvalue weighted by molar-refractivity contribution is 7.91. The number of sulfone groups is 1. The molecule has 2 unspecified atom stereocenters. The summed E-state index contributed by atoms with van der Waals surface area (Å²) in [7, 11) is -2.88. The van der Waals surface area contributed by atoms with E-state index in [1.54, 1.807) is 4.68 Å². The van der Waals surface area contributed by atoms with Crippen LogP contribution in [0.1, 0.15) is 43.6 Å². The SMILES string of the molecule is O=S1(=O)CCCC(Cc2nc3n(n2)C(O)CCC3)C1. The van der Waals surface area contributed by atoms with Gasteiger partial charge in [-0.05, 0) is 31.6 Å². The summed E-state index contributed by atoms with van der Waals surface area (Å²) in [6.07, 6.45) is 4.18. The number of hydrogen-bond acceptors (Lipinski definition) is 5. The van der Waals surface area contributed by atoms with Crippen LogP contribution in [0, 0.1) is 5.92 Å². The van der Waals surface area contributed by atoms with Crippen molar-refractivity contribution in [3.8, 4) is 0 Å². The zero-order valence-electron chi connectivity index (χ0n) is 10.8. The molecular formula is C12H19N3O3S. The van der Waals surface area contributed by atoms with Crippen molar-refractivity contribution in [2.24, 2.45) is 5.92 Å². The average molecular weight is 285 g/mol. The second-order valence-electron chi connectivity index (χ2n) is 5.59. The smallest absolute Gasteiger partial charge is 0.151 e. The van der Waals surface area contributed by atoms with Gasteiger partial charge in [-0.15, -0.1) is 0 Å². The van der Waals surface area contributed by atoms with Gasteiger partial charge >= 0.3 is 0 Å². The molecule has 1 N–H and O–H groups in total. The summed E-state index contributed by atoms with van der Waals surface area (Å²) >= 11 is 0. The van der Waals surface area contributed by atoms with E-state index in [1.165, 1.54) is 0 Å². The molecule has 0 saturated carbocycles. The van der Waals surface area contributed by atoms with Gasteiger partial charge in [-0.2, -0.15) is 5.10 Å². The summed E-state index contributed by atoms with van der Waals surface area (Å²) < 4.78 is 24.8. The van der Waals surface area contributed by atoms with E-state index >= 15 is 0 Å². The molecule has 0 amide bonds. The molecule has 0 aliphatic carbocycles. The summed E-state index contributed by atoms with van der Waals surface area (Å²) in [5, 5.41) is 14.2. The monoisotopic (exact) mass is 285 g/mol. The first kappa shape index (κ1) is 13.1. The van der Waals surface area contributed by atoms with Crippen LogP contribution in [0.25, 0.3) is 0 Å². The predicted octanol–water partition coefficient (Wildman–Crippen LogP) is 0.473. The molecule has 7 heteroatoms. The standard InChI is InChI=1S/C12H19N3O3S/c16-12-5-1-4-11-13-10(14-15(11)12)7-9-3-2-6-19(17,18)8-9/h9,12,16H,1-8H2. The van der Waals surface area contributed by atoms with Crippen LogP contribution in [0.5, 0.6) is 0 Å². The average Bonchev–Trinajstić information content (AvgIpc) is 2.71. The van der Waals surface area contributed by atoms with Crippen LogP contribution in [0.2, 0.25) is 0 Å². The molecule has 3 heterocycles. The second kappa shape index (κ2) is 4.86. The van der Waals surface area contributed by atoms with E-state index in [-0.39, 0.29) is 11.7 Å². The van der Waals surface area contributed by atoms with Crippen molar-refractivity contribution in [1.82, 2.24) is 14.8 Å². The van der Waals surface area contributed by atoms with Crippen molar-refractivity contribution in [3.05, 3.63) is 11.6 Å². The fourth-order valence-corrected chi connectivity index (χ4v) is 4.78. The number of aryl methyl sites for hydroxylation is 1. The number of aromatic nitrogens is 3. The van der Waals surface area contributed by atoms with E-state index in [0.717, 1.165) is 31.5 Å². The fraction of sp³-hybridized carbons (Fsp3) is 0.833. The number of aliphatic hydroxyl groups excluding tert-OH is 1. The number of rotatable bonds is 2. The van der Waals surface area contributed by atoms with Crippen LogP contribution < -0.4 is 0 Å². The van der Waals surface area contributed by atoms with Crippen molar-refractivity contribution in [2.75, 3.05) is 11.5 Å². The number of nitrogens with zero attached hydrogens (tertiary/aromatic N) is 3. The van der Waals surface area contributed by atoms with Gasteiger partial charge in [-0.3, -0.25) is 0 Å². The van der Waals surface area contributed by atoms with E-state index < -0.39 is 16.1 Å². The van der Waals surface area contributed by atoms with Gasteiger partial charge in [0.15, 0.2) is 15.7 Å². The van der Waals surface area contributed by atoms with Gasteiger partial charge in [0.05, 0.1) is 11.5 Å². The Morgan fingerprint density at radius 2 is 2.16 bits per heavy atom. The molecule has 106 valence electrons. The summed E-state index contributed by atoms with van der Waals surface area (Å²) in [4.78, 5) is 4.44. The van der Waals surface area contributed by atoms with E-state index in [9.17, 15) is 13.5 Å². The van der Waals surface area contributed by atoms with E-state index in [0.29, 0.717) is 24.4 Å². The Morgan fingerprint density at radius 1 is 1.32 bits per heavy atom. The number of aliphatic hydroxyl groups is 1. The zero-order chi connectivity index (χ0) is 13.5. The van der Waals surface area contributed by atoms with Crippen LogP contribution >= 0.6 is 0 Å². The Kier molecular flexibility index (Phi) is 3.34. The maximum atomic E-state index is 11.6. The molecule has 1 saturated heterocycles. The van der Waals surface area contributed by atoms with Crippen molar-refractivity contribution >= 4 is 9.84 Å². The lowest BCUT2D eigenvalue weighted by molar-refractivity contribution is 0.0643. The molecule has 0 spiro atoms. The normalized spacial score (nSPS) is 29.9. The van der Waals surface area contributed by atoms with Gasteiger partial charge in [-0.1, -0.05) is 0 Å². The van der Waals surface area contributed by atoms with Crippen molar-refractivity contribution in [2.45, 2.75) is 44.8 Å². The summed E-state index contributed by atoms with van der Waals surface area (Å²) in [5.74, 6) is 2.19. The van der Waals surface area contributed by atoms with Crippen LogP contribution in [-0.4, -0.2) is 39.8 Å². The van der Waals surface area contributed by atoms with Gasteiger partial charge in [0.25, 0.3) is 0 Å². The molecule has 1 fully saturated rings. The minimum atomic E-state index is -2.88. The highest BCUT2D eigenvalue weighted by Gasteiger charge is 2.27. The lowest BCUT2D eigenvalue weighted by atomic mass is 10.0. The first-order valence-corrected chi connectivity index (χ1v) is 8.68. The Morgan fingerprint density at radius 3 is 2.89 bits per heavy atom. The first-order chi connectivity index (χ1) is 9.03. The van der Waals surface area contributed by atoms with Crippen molar-refractivity contribution < 1.29 is 13.5 Å². The lowest BCUT2D eigenvalue weighted by Crippen LogP contribution is -2.26. The molecule has 0 bridgehead atoms. The van der Waals surface area contributed by atoms with E-state index in [4.69, 9.17) is 0 Å². The molecule has 1 aromatic rings. The predicted molar refractivity (Wildman–Crippen MR) is 69.3 cm³/mol. The molecular weight excluding hydrogens is 266 g/mol. The Hall–Kier alpha value is -0.950. The Labute approximate surface area is 112 Å². The molecule has 0 radical (unpaired) electrons. The second-order valence-corrected chi connectivity index (χ2v) is 7.82. The Balaban J connectivity index is 1.73. The van der Waals surface area contributed by atoms with E-state index in [2.05, 4.69) is 10.1 Å². The number of fused-ring (bicyclic) bond motifs is 1.